The second kappa shape index (κ2) is 17.8. The molecule has 2 heterocycles. The number of fused-ring (bicyclic) bond motifs is 1. The lowest BCUT2D eigenvalue weighted by atomic mass is 10.0. The molecule has 2 aromatic heterocycles. The number of aromatic amines is 1. The van der Waals surface area contributed by atoms with E-state index in [0.717, 1.165) is 43.9 Å². The molecule has 0 saturated heterocycles. The summed E-state index contributed by atoms with van der Waals surface area (Å²) < 4.78 is 15.8. The molecule has 5 aromatic rings. The molecule has 50 heavy (non-hydrogen) atoms. The average molecular weight is 692 g/mol. The Hall–Kier alpha value is -5.48. The van der Waals surface area contributed by atoms with Crippen LogP contribution in [-0.2, 0) is 43.3 Å². The van der Waals surface area contributed by atoms with Crippen LogP contribution in [0.4, 0.5) is 0 Å². The molecule has 0 bridgehead atoms. The van der Waals surface area contributed by atoms with E-state index in [-0.39, 0.29) is 18.6 Å². The number of ether oxygens (including phenoxy) is 3. The van der Waals surface area contributed by atoms with Gasteiger partial charge in [-0.3, -0.25) is 4.79 Å². The summed E-state index contributed by atoms with van der Waals surface area (Å²) in [5.41, 5.74) is 6.10. The van der Waals surface area contributed by atoms with E-state index < -0.39 is 18.5 Å². The lowest BCUT2D eigenvalue weighted by Crippen LogP contribution is -2.30. The van der Waals surface area contributed by atoms with Gasteiger partial charge < -0.3 is 24.5 Å². The maximum Gasteiger partial charge on any atom is 0.344 e. The van der Waals surface area contributed by atoms with Gasteiger partial charge in [-0.2, -0.15) is 0 Å². The summed E-state index contributed by atoms with van der Waals surface area (Å²) in [5, 5.41) is 7.05. The Morgan fingerprint density at radius 3 is 2.48 bits per heavy atom. The Morgan fingerprint density at radius 1 is 0.940 bits per heavy atom. The number of aryl methyl sites for hydroxylation is 1. The third-order valence-corrected chi connectivity index (χ3v) is 8.83. The molecule has 0 saturated carbocycles. The van der Waals surface area contributed by atoms with Gasteiger partial charge in [-0.05, 0) is 86.2 Å². The Morgan fingerprint density at radius 2 is 1.70 bits per heavy atom. The second-order valence-corrected chi connectivity index (χ2v) is 12.7. The van der Waals surface area contributed by atoms with Crippen molar-refractivity contribution in [2.75, 3.05) is 13.2 Å². The highest BCUT2D eigenvalue weighted by Gasteiger charge is 2.20. The number of nitrogens with zero attached hydrogens (tertiary/aromatic N) is 1. The SMILES string of the molecule is CCOC(=O)COC(=O)/C(C)=C\C(C)=C\c1csc([C@H](Cc2ccc(OCc3ccccc3)cc2)NC(=O)CCc2c[nH]c3ccccc23)n1. The molecule has 1 atom stereocenters. The van der Waals surface area contributed by atoms with Crippen molar-refractivity contribution in [3.63, 3.8) is 0 Å². The minimum Gasteiger partial charge on any atom is -0.489 e. The average Bonchev–Trinajstić information content (AvgIpc) is 3.76. The normalized spacial score (nSPS) is 12.4. The molecule has 1 amide bonds. The summed E-state index contributed by atoms with van der Waals surface area (Å²) in [5.74, 6) is -0.492. The van der Waals surface area contributed by atoms with E-state index in [1.165, 1.54) is 11.3 Å². The van der Waals surface area contributed by atoms with Crippen LogP contribution in [0.3, 0.4) is 0 Å². The van der Waals surface area contributed by atoms with Gasteiger partial charge in [0, 0.05) is 34.5 Å². The molecule has 0 unspecified atom stereocenters. The molecule has 10 heteroatoms. The number of benzene rings is 3. The summed E-state index contributed by atoms with van der Waals surface area (Å²) in [6.07, 6.45) is 6.98. The molecule has 0 spiro atoms. The molecule has 258 valence electrons. The Bertz CT molecular complexity index is 1960. The number of H-pyrrole nitrogens is 1. The predicted molar refractivity (Wildman–Crippen MR) is 196 cm³/mol. The molecule has 0 aliphatic rings. The van der Waals surface area contributed by atoms with Crippen molar-refractivity contribution in [2.24, 2.45) is 0 Å². The van der Waals surface area contributed by atoms with E-state index in [1.54, 1.807) is 19.9 Å². The van der Waals surface area contributed by atoms with Gasteiger partial charge in [-0.25, -0.2) is 14.6 Å². The zero-order valence-electron chi connectivity index (χ0n) is 28.4. The number of hydrogen-bond acceptors (Lipinski definition) is 8. The summed E-state index contributed by atoms with van der Waals surface area (Å²) in [7, 11) is 0. The summed E-state index contributed by atoms with van der Waals surface area (Å²) in [6, 6.07) is 25.6. The van der Waals surface area contributed by atoms with Crippen molar-refractivity contribution in [1.82, 2.24) is 15.3 Å². The van der Waals surface area contributed by atoms with E-state index >= 15 is 0 Å². The first-order valence-electron chi connectivity index (χ1n) is 16.5. The van der Waals surface area contributed by atoms with Gasteiger partial charge in [0.25, 0.3) is 0 Å². The molecule has 0 aliphatic heterocycles. The van der Waals surface area contributed by atoms with Gasteiger partial charge in [-0.15, -0.1) is 11.3 Å². The summed E-state index contributed by atoms with van der Waals surface area (Å²) >= 11 is 1.46. The number of carbonyl (C=O) groups is 3. The molecule has 0 fully saturated rings. The number of rotatable bonds is 16. The molecule has 0 radical (unpaired) electrons. The van der Waals surface area contributed by atoms with E-state index in [2.05, 4.69) is 16.4 Å². The first-order valence-corrected chi connectivity index (χ1v) is 17.4. The maximum atomic E-state index is 13.4. The van der Waals surface area contributed by atoms with Crippen molar-refractivity contribution in [3.8, 4) is 5.75 Å². The fourth-order valence-corrected chi connectivity index (χ4v) is 6.22. The number of amides is 1. The molecular weight excluding hydrogens is 651 g/mol. The highest BCUT2D eigenvalue weighted by atomic mass is 32.1. The number of nitrogens with one attached hydrogen (secondary N) is 2. The topological polar surface area (TPSA) is 120 Å². The lowest BCUT2D eigenvalue weighted by Gasteiger charge is -2.17. The molecular formula is C40H41N3O6S. The maximum absolute atomic E-state index is 13.4. The smallest absolute Gasteiger partial charge is 0.344 e. The number of esters is 2. The van der Waals surface area contributed by atoms with Crippen molar-refractivity contribution in [2.45, 2.75) is 52.7 Å². The van der Waals surface area contributed by atoms with Crippen LogP contribution in [-0.4, -0.2) is 41.0 Å². The van der Waals surface area contributed by atoms with Crippen LogP contribution in [0, 0.1) is 0 Å². The van der Waals surface area contributed by atoms with Gasteiger partial charge >= 0.3 is 11.9 Å². The Labute approximate surface area is 296 Å². The van der Waals surface area contributed by atoms with Gasteiger partial charge in [0.15, 0.2) is 6.61 Å². The predicted octanol–water partition coefficient (Wildman–Crippen LogP) is 7.69. The number of para-hydroxylation sites is 1. The van der Waals surface area contributed by atoms with E-state index in [1.807, 2.05) is 97.4 Å². The monoisotopic (exact) mass is 691 g/mol. The fraction of sp³-hybridized carbons (Fsp3) is 0.250. The largest absolute Gasteiger partial charge is 0.489 e. The number of allylic oxidation sites excluding steroid dienone is 2. The van der Waals surface area contributed by atoms with Gasteiger partial charge in [-0.1, -0.05) is 60.7 Å². The molecule has 9 nitrogen and oxygen atoms in total. The second-order valence-electron chi connectivity index (χ2n) is 11.8. The minimum atomic E-state index is -0.600. The van der Waals surface area contributed by atoms with E-state index in [9.17, 15) is 14.4 Å². The van der Waals surface area contributed by atoms with Crippen molar-refractivity contribution < 1.29 is 28.6 Å². The first kappa shape index (κ1) is 35.8. The number of hydrogen-bond donors (Lipinski definition) is 2. The summed E-state index contributed by atoms with van der Waals surface area (Å²) in [6.45, 7) is 5.42. The van der Waals surface area contributed by atoms with Gasteiger partial charge in [0.1, 0.15) is 17.4 Å². The Balaban J connectivity index is 1.27. The molecule has 2 N–H and O–H groups in total. The van der Waals surface area contributed by atoms with Crippen LogP contribution in [0.2, 0.25) is 0 Å². The number of thiazole rings is 1. The third kappa shape index (κ3) is 10.5. The summed E-state index contributed by atoms with van der Waals surface area (Å²) in [4.78, 5) is 45.4. The lowest BCUT2D eigenvalue weighted by molar-refractivity contribution is -0.156. The van der Waals surface area contributed by atoms with Crippen LogP contribution in [0.1, 0.15) is 60.6 Å². The standard InChI is InChI=1S/C40H41N3O6S/c1-4-47-38(45)25-49-40(46)28(3)20-27(2)21-32-26-50-39(42-32)36(43-37(44)19-16-31-23-41-35-13-9-8-12-34(31)35)22-29-14-17-33(18-15-29)48-24-30-10-6-5-7-11-30/h5-15,17-18,20-21,23,26,36,41H,4,16,19,22,24-25H2,1-3H3,(H,43,44)/b27-21+,28-20-/t36-/m0/s1. The van der Waals surface area contributed by atoms with E-state index in [0.29, 0.717) is 37.1 Å². The quantitative estimate of drug-likeness (QED) is 0.0619. The fourth-order valence-electron chi connectivity index (χ4n) is 5.39. The molecule has 3 aromatic carbocycles. The van der Waals surface area contributed by atoms with Crippen LogP contribution in [0.15, 0.2) is 108 Å². The minimum absolute atomic E-state index is 0.0635. The zero-order valence-corrected chi connectivity index (χ0v) is 29.3. The van der Waals surface area contributed by atoms with E-state index in [4.69, 9.17) is 19.2 Å². The van der Waals surface area contributed by atoms with Crippen molar-refractivity contribution in [1.29, 1.82) is 0 Å². The first-order chi connectivity index (χ1) is 24.3. The number of aromatic nitrogens is 2. The third-order valence-electron chi connectivity index (χ3n) is 7.85. The van der Waals surface area contributed by atoms with Gasteiger partial charge in [0.05, 0.1) is 18.3 Å². The number of carbonyl (C=O) groups excluding carboxylic acids is 3. The van der Waals surface area contributed by atoms with Crippen molar-refractivity contribution >= 4 is 46.2 Å². The zero-order chi connectivity index (χ0) is 35.3. The van der Waals surface area contributed by atoms with Crippen LogP contribution >= 0.6 is 11.3 Å². The van der Waals surface area contributed by atoms with Crippen LogP contribution in [0.25, 0.3) is 17.0 Å². The Kier molecular flexibility index (Phi) is 12.7. The molecule has 5 rings (SSSR count). The van der Waals surface area contributed by atoms with Crippen molar-refractivity contribution in [3.05, 3.63) is 135 Å². The highest BCUT2D eigenvalue weighted by Crippen LogP contribution is 2.26. The van der Waals surface area contributed by atoms with Crippen LogP contribution < -0.4 is 10.1 Å². The highest BCUT2D eigenvalue weighted by molar-refractivity contribution is 7.09. The van der Waals surface area contributed by atoms with Crippen LogP contribution in [0.5, 0.6) is 5.75 Å². The van der Waals surface area contributed by atoms with Gasteiger partial charge in [0.2, 0.25) is 5.91 Å². The molecule has 0 aliphatic carbocycles.